The Labute approximate surface area is 128 Å². The van der Waals surface area contributed by atoms with Crippen LogP contribution in [0.2, 0.25) is 0 Å². The topological polar surface area (TPSA) is 38.3 Å². The highest BCUT2D eigenvalue weighted by atomic mass is 16.5. The van der Waals surface area contributed by atoms with Crippen molar-refractivity contribution in [2.24, 2.45) is 5.92 Å². The van der Waals surface area contributed by atoms with E-state index in [0.717, 1.165) is 17.9 Å². The molecule has 0 aliphatic heterocycles. The Hall–Kier alpha value is -1.51. The average Bonchev–Trinajstić information content (AvgIpc) is 2.48. The third-order valence-electron chi connectivity index (χ3n) is 4.29. The number of hydrogen-bond donors (Lipinski definition) is 1. The van der Waals surface area contributed by atoms with Crippen molar-refractivity contribution in [3.63, 3.8) is 0 Å². The highest BCUT2D eigenvalue weighted by molar-refractivity contribution is 5.80. The average molecular weight is 289 g/mol. The first kappa shape index (κ1) is 15.9. The van der Waals surface area contributed by atoms with Crippen molar-refractivity contribution in [3.05, 3.63) is 29.3 Å². The molecule has 0 unspecified atom stereocenters. The molecule has 3 nitrogen and oxygen atoms in total. The van der Waals surface area contributed by atoms with Crippen molar-refractivity contribution < 1.29 is 9.53 Å². The molecule has 1 saturated carbocycles. The Morgan fingerprint density at radius 3 is 2.67 bits per heavy atom. The van der Waals surface area contributed by atoms with Crippen LogP contribution >= 0.6 is 0 Å². The summed E-state index contributed by atoms with van der Waals surface area (Å²) in [7, 11) is 0. The lowest BCUT2D eigenvalue weighted by Gasteiger charge is -2.23. The summed E-state index contributed by atoms with van der Waals surface area (Å²) in [4.78, 5) is 12.1. The molecule has 0 spiro atoms. The second kappa shape index (κ2) is 7.48. The van der Waals surface area contributed by atoms with Gasteiger partial charge in [0, 0.05) is 6.54 Å². The van der Waals surface area contributed by atoms with Crippen molar-refractivity contribution >= 4 is 5.91 Å². The maximum absolute atomic E-state index is 12.1. The summed E-state index contributed by atoms with van der Waals surface area (Å²) in [6.07, 6.45) is 5.98. The molecule has 0 heterocycles. The van der Waals surface area contributed by atoms with Gasteiger partial charge in [-0.1, -0.05) is 37.0 Å². The number of benzene rings is 1. The summed E-state index contributed by atoms with van der Waals surface area (Å²) in [5.41, 5.74) is 2.27. The normalized spacial score (nSPS) is 17.3. The fourth-order valence-corrected chi connectivity index (χ4v) is 2.96. The van der Waals surface area contributed by atoms with Crippen molar-refractivity contribution in [1.29, 1.82) is 0 Å². The Balaban J connectivity index is 1.81. The molecular formula is C18H27NO2. The Morgan fingerprint density at radius 1 is 1.29 bits per heavy atom. The van der Waals surface area contributed by atoms with Gasteiger partial charge in [0.25, 0.3) is 5.91 Å². The number of amides is 1. The maximum Gasteiger partial charge on any atom is 0.260 e. The van der Waals surface area contributed by atoms with Crippen LogP contribution in [0, 0.1) is 19.8 Å². The highest BCUT2D eigenvalue weighted by Gasteiger charge is 2.18. The van der Waals surface area contributed by atoms with E-state index >= 15 is 0 Å². The molecule has 0 bridgehead atoms. The number of carbonyl (C=O) groups is 1. The van der Waals surface area contributed by atoms with E-state index < -0.39 is 6.10 Å². The smallest absolute Gasteiger partial charge is 0.260 e. The Morgan fingerprint density at radius 2 is 2.00 bits per heavy atom. The van der Waals surface area contributed by atoms with Crippen molar-refractivity contribution in [2.75, 3.05) is 6.54 Å². The minimum Gasteiger partial charge on any atom is -0.481 e. The van der Waals surface area contributed by atoms with E-state index in [1.165, 1.54) is 37.7 Å². The molecule has 1 aliphatic rings. The minimum atomic E-state index is -0.449. The van der Waals surface area contributed by atoms with E-state index in [2.05, 4.69) is 18.3 Å². The van der Waals surface area contributed by atoms with E-state index in [1.807, 2.05) is 26.0 Å². The van der Waals surface area contributed by atoms with Crippen LogP contribution in [0.15, 0.2) is 18.2 Å². The molecule has 21 heavy (non-hydrogen) atoms. The van der Waals surface area contributed by atoms with Crippen molar-refractivity contribution in [3.8, 4) is 5.75 Å². The molecule has 0 saturated heterocycles. The van der Waals surface area contributed by atoms with E-state index in [9.17, 15) is 4.79 Å². The second-order valence-corrected chi connectivity index (χ2v) is 6.28. The molecule has 1 atom stereocenters. The molecule has 1 aliphatic carbocycles. The first-order chi connectivity index (χ1) is 10.1. The second-order valence-electron chi connectivity index (χ2n) is 6.28. The lowest BCUT2D eigenvalue weighted by molar-refractivity contribution is -0.127. The molecule has 1 amide bonds. The van der Waals surface area contributed by atoms with Crippen LogP contribution in [0.25, 0.3) is 0 Å². The van der Waals surface area contributed by atoms with E-state index in [4.69, 9.17) is 4.74 Å². The third kappa shape index (κ3) is 4.76. The van der Waals surface area contributed by atoms with Crippen LogP contribution in [0.3, 0.4) is 0 Å². The van der Waals surface area contributed by atoms with Crippen molar-refractivity contribution in [2.45, 2.75) is 59.0 Å². The molecular weight excluding hydrogens is 262 g/mol. The van der Waals surface area contributed by atoms with Gasteiger partial charge in [0.2, 0.25) is 0 Å². The molecule has 0 radical (unpaired) electrons. The Kier molecular flexibility index (Phi) is 5.66. The zero-order valence-electron chi connectivity index (χ0n) is 13.4. The first-order valence-electron chi connectivity index (χ1n) is 8.08. The van der Waals surface area contributed by atoms with Crippen molar-refractivity contribution in [1.82, 2.24) is 5.32 Å². The number of nitrogens with one attached hydrogen (secondary N) is 1. The molecule has 1 fully saturated rings. The number of aryl methyl sites for hydroxylation is 2. The molecule has 0 aromatic heterocycles. The van der Waals surface area contributed by atoms with Crippen LogP contribution in [0.4, 0.5) is 0 Å². The predicted octanol–water partition coefficient (Wildman–Crippen LogP) is 3.77. The van der Waals surface area contributed by atoms with Crippen LogP contribution in [-0.2, 0) is 4.79 Å². The van der Waals surface area contributed by atoms with Gasteiger partial charge in [-0.2, -0.15) is 0 Å². The maximum atomic E-state index is 12.1. The van der Waals surface area contributed by atoms with Gasteiger partial charge in [0.15, 0.2) is 6.10 Å². The fourth-order valence-electron chi connectivity index (χ4n) is 2.96. The first-order valence-corrected chi connectivity index (χ1v) is 8.08. The van der Waals surface area contributed by atoms with E-state index in [1.54, 1.807) is 0 Å². The Bertz CT molecular complexity index is 478. The van der Waals surface area contributed by atoms with Gasteiger partial charge in [0.1, 0.15) is 5.75 Å². The van der Waals surface area contributed by atoms with Gasteiger partial charge < -0.3 is 10.1 Å². The summed E-state index contributed by atoms with van der Waals surface area (Å²) in [5.74, 6) is 1.43. The lowest BCUT2D eigenvalue weighted by atomic mass is 9.89. The number of ether oxygens (including phenoxy) is 1. The summed E-state index contributed by atoms with van der Waals surface area (Å²) in [5, 5.41) is 3.04. The molecule has 1 aromatic rings. The van der Waals surface area contributed by atoms with Gasteiger partial charge in [-0.3, -0.25) is 4.79 Å². The monoisotopic (exact) mass is 289 g/mol. The molecule has 2 rings (SSSR count). The fraction of sp³-hybridized carbons (Fsp3) is 0.611. The summed E-state index contributed by atoms with van der Waals surface area (Å²) >= 11 is 0. The number of carbonyl (C=O) groups excluding carboxylic acids is 1. The van der Waals surface area contributed by atoms with Gasteiger partial charge >= 0.3 is 0 Å². The quantitative estimate of drug-likeness (QED) is 0.896. The number of rotatable bonds is 5. The van der Waals surface area contributed by atoms with E-state index in [0.29, 0.717) is 5.92 Å². The minimum absolute atomic E-state index is 0.0134. The number of hydrogen-bond acceptors (Lipinski definition) is 2. The van der Waals surface area contributed by atoms with Crippen LogP contribution in [0.1, 0.15) is 50.2 Å². The third-order valence-corrected chi connectivity index (χ3v) is 4.29. The zero-order chi connectivity index (χ0) is 15.2. The predicted molar refractivity (Wildman–Crippen MR) is 85.6 cm³/mol. The summed E-state index contributed by atoms with van der Waals surface area (Å²) < 4.78 is 5.79. The van der Waals surface area contributed by atoms with Crippen LogP contribution in [0.5, 0.6) is 5.75 Å². The van der Waals surface area contributed by atoms with Crippen LogP contribution in [-0.4, -0.2) is 18.6 Å². The SMILES string of the molecule is Cc1ccc(O[C@@H](C)C(=O)NCC2CCCCC2)c(C)c1. The van der Waals surface area contributed by atoms with Gasteiger partial charge in [-0.25, -0.2) is 0 Å². The zero-order valence-corrected chi connectivity index (χ0v) is 13.4. The molecule has 1 aromatic carbocycles. The van der Waals surface area contributed by atoms with Gasteiger partial charge in [-0.15, -0.1) is 0 Å². The standard InChI is InChI=1S/C18H27NO2/c1-13-9-10-17(14(2)11-13)21-15(3)18(20)19-12-16-7-5-4-6-8-16/h9-11,15-16H,4-8,12H2,1-3H3,(H,19,20)/t15-/m0/s1. The highest BCUT2D eigenvalue weighted by Crippen LogP contribution is 2.23. The molecule has 1 N–H and O–H groups in total. The molecule has 3 heteroatoms. The summed E-state index contributed by atoms with van der Waals surface area (Å²) in [6.45, 7) is 6.67. The lowest BCUT2D eigenvalue weighted by Crippen LogP contribution is -2.39. The van der Waals surface area contributed by atoms with Gasteiger partial charge in [-0.05, 0) is 51.2 Å². The van der Waals surface area contributed by atoms with Crippen LogP contribution < -0.4 is 10.1 Å². The largest absolute Gasteiger partial charge is 0.481 e. The molecule has 116 valence electrons. The van der Waals surface area contributed by atoms with Gasteiger partial charge in [0.05, 0.1) is 0 Å². The summed E-state index contributed by atoms with van der Waals surface area (Å²) in [6, 6.07) is 6.02. The van der Waals surface area contributed by atoms with E-state index in [-0.39, 0.29) is 5.91 Å².